The number of ether oxygens (including phenoxy) is 1. The molecule has 1 aliphatic carbocycles. The van der Waals surface area contributed by atoms with E-state index in [1.807, 2.05) is 41.8 Å². The highest BCUT2D eigenvalue weighted by Gasteiger charge is 2.34. The second kappa shape index (κ2) is 9.75. The normalized spacial score (nSPS) is 20.1. The van der Waals surface area contributed by atoms with Crippen molar-refractivity contribution in [1.82, 2.24) is 14.7 Å². The number of anilines is 1. The molecule has 2 aromatic heterocycles. The molecule has 2 atom stereocenters. The lowest BCUT2D eigenvalue weighted by atomic mass is 9.82. The Hall–Kier alpha value is -2.54. The highest BCUT2D eigenvalue weighted by Crippen LogP contribution is 2.38. The van der Waals surface area contributed by atoms with Crippen molar-refractivity contribution in [2.24, 2.45) is 11.8 Å². The molecule has 3 heterocycles. The van der Waals surface area contributed by atoms with E-state index in [1.165, 1.54) is 44.5 Å². The Morgan fingerprint density at radius 3 is 2.55 bits per heavy atom. The van der Waals surface area contributed by atoms with Crippen LogP contribution in [0.25, 0.3) is 5.65 Å². The SMILES string of the molecule is CCc1nc2ccc(Br)cn2c1C(=O)NCCOc1ccc(N2CC3CCCCC3C2)cc1. The molecule has 2 fully saturated rings. The monoisotopic (exact) mass is 510 g/mol. The summed E-state index contributed by atoms with van der Waals surface area (Å²) in [5.41, 5.74) is 3.44. The number of halogens is 1. The number of rotatable bonds is 7. The van der Waals surface area contributed by atoms with Crippen molar-refractivity contribution in [3.63, 3.8) is 0 Å². The summed E-state index contributed by atoms with van der Waals surface area (Å²) in [7, 11) is 0. The Morgan fingerprint density at radius 1 is 1.12 bits per heavy atom. The van der Waals surface area contributed by atoms with Gasteiger partial charge in [-0.15, -0.1) is 0 Å². The highest BCUT2D eigenvalue weighted by atomic mass is 79.9. The molecule has 7 heteroatoms. The Kier molecular flexibility index (Phi) is 6.58. The molecule has 0 radical (unpaired) electrons. The fourth-order valence-electron chi connectivity index (χ4n) is 5.34. The number of benzene rings is 1. The van der Waals surface area contributed by atoms with Crippen molar-refractivity contribution in [2.45, 2.75) is 39.0 Å². The van der Waals surface area contributed by atoms with Gasteiger partial charge in [0.25, 0.3) is 5.91 Å². The van der Waals surface area contributed by atoms with Crippen LogP contribution in [0.1, 0.15) is 48.8 Å². The fourth-order valence-corrected chi connectivity index (χ4v) is 5.68. The van der Waals surface area contributed by atoms with Crippen molar-refractivity contribution >= 4 is 33.2 Å². The summed E-state index contributed by atoms with van der Waals surface area (Å²) in [6.07, 6.45) is 8.15. The maximum Gasteiger partial charge on any atom is 0.270 e. The van der Waals surface area contributed by atoms with E-state index < -0.39 is 0 Å². The minimum atomic E-state index is -0.133. The zero-order valence-electron chi connectivity index (χ0n) is 19.1. The minimum absolute atomic E-state index is 0.133. The van der Waals surface area contributed by atoms with Crippen molar-refractivity contribution in [3.05, 3.63) is 58.5 Å². The van der Waals surface area contributed by atoms with Crippen LogP contribution in [0.3, 0.4) is 0 Å². The van der Waals surface area contributed by atoms with E-state index in [4.69, 9.17) is 4.74 Å². The predicted octanol–water partition coefficient (Wildman–Crippen LogP) is 5.09. The van der Waals surface area contributed by atoms with Crippen molar-refractivity contribution in [2.75, 3.05) is 31.1 Å². The van der Waals surface area contributed by atoms with Crippen LogP contribution in [-0.2, 0) is 6.42 Å². The van der Waals surface area contributed by atoms with Gasteiger partial charge in [0, 0.05) is 29.4 Å². The number of nitrogens with zero attached hydrogens (tertiary/aromatic N) is 3. The molecule has 1 aromatic carbocycles. The van der Waals surface area contributed by atoms with Crippen molar-refractivity contribution in [1.29, 1.82) is 0 Å². The molecule has 174 valence electrons. The standard InChI is InChI=1S/C26H31BrN4O2/c1-2-23-25(31-17-20(27)7-12-24(31)29-23)26(32)28-13-14-33-22-10-8-21(9-11-22)30-15-18-5-3-4-6-19(18)16-30/h7-12,17-19H,2-6,13-16H2,1H3,(H,28,32). The van der Waals surface area contributed by atoms with Gasteiger partial charge in [0.2, 0.25) is 0 Å². The van der Waals surface area contributed by atoms with Gasteiger partial charge in [-0.05, 0) is 83.4 Å². The van der Waals surface area contributed by atoms with Gasteiger partial charge in [-0.25, -0.2) is 4.98 Å². The third kappa shape index (κ3) is 4.74. The average Bonchev–Trinajstić information content (AvgIpc) is 3.43. The maximum absolute atomic E-state index is 12.9. The molecule has 0 spiro atoms. The largest absolute Gasteiger partial charge is 0.492 e. The Morgan fingerprint density at radius 2 is 1.85 bits per heavy atom. The average molecular weight is 511 g/mol. The van der Waals surface area contributed by atoms with Crippen molar-refractivity contribution < 1.29 is 9.53 Å². The number of fused-ring (bicyclic) bond motifs is 2. The first kappa shape index (κ1) is 22.3. The highest BCUT2D eigenvalue weighted by molar-refractivity contribution is 9.10. The third-order valence-electron chi connectivity index (χ3n) is 7.04. The smallest absolute Gasteiger partial charge is 0.270 e. The third-order valence-corrected chi connectivity index (χ3v) is 7.51. The Bertz CT molecular complexity index is 1110. The molecule has 1 saturated carbocycles. The zero-order chi connectivity index (χ0) is 22.8. The van der Waals surface area contributed by atoms with E-state index in [0.29, 0.717) is 25.3 Å². The van der Waals surface area contributed by atoms with Gasteiger partial charge < -0.3 is 15.0 Å². The van der Waals surface area contributed by atoms with E-state index in [-0.39, 0.29) is 5.91 Å². The molecular formula is C26H31BrN4O2. The molecule has 1 N–H and O–H groups in total. The van der Waals surface area contributed by atoms with Crippen LogP contribution in [0.5, 0.6) is 5.75 Å². The van der Waals surface area contributed by atoms with Gasteiger partial charge in [-0.3, -0.25) is 9.20 Å². The molecule has 3 aromatic rings. The lowest BCUT2D eigenvalue weighted by molar-refractivity contribution is 0.0940. The van der Waals surface area contributed by atoms with Crippen LogP contribution in [-0.4, -0.2) is 41.5 Å². The Balaban J connectivity index is 1.14. The van der Waals surface area contributed by atoms with Crippen LogP contribution < -0.4 is 15.0 Å². The summed E-state index contributed by atoms with van der Waals surface area (Å²) < 4.78 is 8.63. The van der Waals surface area contributed by atoms with Gasteiger partial charge in [-0.2, -0.15) is 0 Å². The van der Waals surface area contributed by atoms with Gasteiger partial charge in [0.15, 0.2) is 0 Å². The molecule has 1 saturated heterocycles. The lowest BCUT2D eigenvalue weighted by Crippen LogP contribution is -2.29. The van der Waals surface area contributed by atoms with Gasteiger partial charge in [0.05, 0.1) is 12.2 Å². The van der Waals surface area contributed by atoms with Crippen LogP contribution in [0.2, 0.25) is 0 Å². The van der Waals surface area contributed by atoms with Gasteiger partial charge in [0.1, 0.15) is 23.7 Å². The fraction of sp³-hybridized carbons (Fsp3) is 0.462. The molecule has 0 bridgehead atoms. The van der Waals surface area contributed by atoms with E-state index in [2.05, 4.69) is 43.3 Å². The van der Waals surface area contributed by atoms with E-state index >= 15 is 0 Å². The van der Waals surface area contributed by atoms with E-state index in [1.54, 1.807) is 0 Å². The second-order valence-electron chi connectivity index (χ2n) is 9.14. The number of aromatic nitrogens is 2. The number of carbonyl (C=O) groups is 1. The molecule has 6 nitrogen and oxygen atoms in total. The van der Waals surface area contributed by atoms with Crippen LogP contribution in [0.4, 0.5) is 5.69 Å². The zero-order valence-corrected chi connectivity index (χ0v) is 20.7. The first-order valence-corrected chi connectivity index (χ1v) is 12.8. The topological polar surface area (TPSA) is 58.9 Å². The summed E-state index contributed by atoms with van der Waals surface area (Å²) in [4.78, 5) is 20.0. The van der Waals surface area contributed by atoms with Gasteiger partial charge in [-0.1, -0.05) is 19.8 Å². The first-order chi connectivity index (χ1) is 16.1. The number of imidazole rings is 1. The number of pyridine rings is 1. The summed E-state index contributed by atoms with van der Waals surface area (Å²) in [6, 6.07) is 12.2. The molecule has 2 unspecified atom stereocenters. The molecule has 33 heavy (non-hydrogen) atoms. The Labute approximate surface area is 203 Å². The minimum Gasteiger partial charge on any atom is -0.492 e. The number of hydrogen-bond acceptors (Lipinski definition) is 4. The first-order valence-electron chi connectivity index (χ1n) is 12.0. The summed E-state index contributed by atoms with van der Waals surface area (Å²) in [5.74, 6) is 2.45. The molecular weight excluding hydrogens is 480 g/mol. The number of hydrogen-bond donors (Lipinski definition) is 1. The van der Waals surface area contributed by atoms with Crippen LogP contribution in [0, 0.1) is 11.8 Å². The quantitative estimate of drug-likeness (QED) is 0.449. The summed E-state index contributed by atoms with van der Waals surface area (Å²) in [5, 5.41) is 2.98. The second-order valence-corrected chi connectivity index (χ2v) is 10.1. The van der Waals surface area contributed by atoms with E-state index in [0.717, 1.165) is 33.4 Å². The van der Waals surface area contributed by atoms with Gasteiger partial charge >= 0.3 is 0 Å². The van der Waals surface area contributed by atoms with E-state index in [9.17, 15) is 4.79 Å². The molecule has 1 aliphatic heterocycles. The number of nitrogens with one attached hydrogen (secondary N) is 1. The number of aryl methyl sites for hydroxylation is 1. The molecule has 5 rings (SSSR count). The summed E-state index contributed by atoms with van der Waals surface area (Å²) >= 11 is 3.48. The number of carbonyl (C=O) groups excluding carboxylic acids is 1. The van der Waals surface area contributed by atoms with Crippen molar-refractivity contribution in [3.8, 4) is 5.75 Å². The summed E-state index contributed by atoms with van der Waals surface area (Å²) in [6.45, 7) is 5.24. The predicted molar refractivity (Wildman–Crippen MR) is 134 cm³/mol. The molecule has 1 amide bonds. The lowest BCUT2D eigenvalue weighted by Gasteiger charge is -2.22. The molecule has 2 aliphatic rings. The number of amides is 1. The van der Waals surface area contributed by atoms with Crippen LogP contribution in [0.15, 0.2) is 47.1 Å². The maximum atomic E-state index is 12.9. The van der Waals surface area contributed by atoms with Crippen LogP contribution >= 0.6 is 15.9 Å².